The molecule has 196 valence electrons. The first-order valence-electron chi connectivity index (χ1n) is 12.6. The van der Waals surface area contributed by atoms with E-state index in [9.17, 15) is 19.2 Å². The van der Waals surface area contributed by atoms with Crippen molar-refractivity contribution < 1.29 is 9.59 Å². The molecule has 0 aliphatic heterocycles. The molecule has 9 nitrogen and oxygen atoms in total. The van der Waals surface area contributed by atoms with Crippen LogP contribution in [0.15, 0.2) is 70.3 Å². The van der Waals surface area contributed by atoms with E-state index in [1.165, 1.54) is 9.47 Å². The number of rotatable bonds is 11. The number of H-pyrrole nitrogens is 1. The number of hydrogen-bond acceptors (Lipinski definition) is 5. The maximum absolute atomic E-state index is 13.8. The van der Waals surface area contributed by atoms with E-state index in [2.05, 4.69) is 10.3 Å². The minimum absolute atomic E-state index is 0.00727. The molecule has 9 heteroatoms. The van der Waals surface area contributed by atoms with Gasteiger partial charge in [-0.3, -0.25) is 23.9 Å². The third-order valence-corrected chi connectivity index (χ3v) is 5.99. The summed E-state index contributed by atoms with van der Waals surface area (Å²) in [7, 11) is 0. The Morgan fingerprint density at radius 3 is 2.24 bits per heavy atom. The van der Waals surface area contributed by atoms with E-state index in [0.717, 1.165) is 12.0 Å². The lowest BCUT2D eigenvalue weighted by Gasteiger charge is -2.28. The van der Waals surface area contributed by atoms with Crippen LogP contribution in [0.2, 0.25) is 0 Å². The van der Waals surface area contributed by atoms with Crippen LogP contribution in [0, 0.1) is 5.92 Å². The molecular formula is C28H35N5O4. The summed E-state index contributed by atoms with van der Waals surface area (Å²) in [6.45, 7) is 6.36. The van der Waals surface area contributed by atoms with E-state index in [1.807, 2.05) is 57.2 Å². The fraction of sp³-hybridized carbons (Fsp3) is 0.357. The average Bonchev–Trinajstić information content (AvgIpc) is 2.88. The van der Waals surface area contributed by atoms with Gasteiger partial charge >= 0.3 is 5.69 Å². The van der Waals surface area contributed by atoms with Crippen molar-refractivity contribution in [3.8, 4) is 0 Å². The first-order chi connectivity index (χ1) is 17.7. The van der Waals surface area contributed by atoms with Gasteiger partial charge in [-0.25, -0.2) is 4.79 Å². The van der Waals surface area contributed by atoms with Crippen LogP contribution < -0.4 is 27.2 Å². The maximum atomic E-state index is 13.8. The number of carbonyl (C=O) groups excluding carboxylic acids is 2. The Hall–Kier alpha value is -4.14. The van der Waals surface area contributed by atoms with Crippen molar-refractivity contribution in [1.29, 1.82) is 0 Å². The zero-order chi connectivity index (χ0) is 26.9. The van der Waals surface area contributed by atoms with Gasteiger partial charge in [0.05, 0.1) is 12.5 Å². The van der Waals surface area contributed by atoms with Gasteiger partial charge in [-0.05, 0) is 30.0 Å². The molecule has 1 heterocycles. The average molecular weight is 506 g/mol. The molecule has 0 aliphatic rings. The predicted octanol–water partition coefficient (Wildman–Crippen LogP) is 3.47. The molecule has 1 atom stereocenters. The summed E-state index contributed by atoms with van der Waals surface area (Å²) in [6.07, 6.45) is 1.41. The van der Waals surface area contributed by atoms with Gasteiger partial charge in [-0.1, -0.05) is 75.7 Å². The standard InChI is InChI=1S/C28H35N5O4/c1-4-5-16-32-25(29)24(27(36)31-28(32)37)33(18-19(2)3)23(34)17-22(20-12-8-6-9-13-20)30-26(35)21-14-10-7-11-15-21/h6-15,19,22H,4-5,16-18,29H2,1-3H3,(H,30,35)(H,31,36,37)/t22-/m0/s1. The molecule has 0 unspecified atom stereocenters. The number of aromatic amines is 1. The monoisotopic (exact) mass is 505 g/mol. The predicted molar refractivity (Wildman–Crippen MR) is 146 cm³/mol. The van der Waals surface area contributed by atoms with Gasteiger partial charge in [-0.15, -0.1) is 0 Å². The second kappa shape index (κ2) is 12.7. The van der Waals surface area contributed by atoms with Crippen LogP contribution >= 0.6 is 0 Å². The number of nitrogen functional groups attached to an aromatic ring is 1. The molecule has 4 N–H and O–H groups in total. The smallest absolute Gasteiger partial charge is 0.330 e. The third-order valence-electron chi connectivity index (χ3n) is 5.99. The Morgan fingerprint density at radius 2 is 1.65 bits per heavy atom. The van der Waals surface area contributed by atoms with Gasteiger partial charge in [0.25, 0.3) is 11.5 Å². The highest BCUT2D eigenvalue weighted by Gasteiger charge is 2.28. The van der Waals surface area contributed by atoms with E-state index in [4.69, 9.17) is 5.73 Å². The maximum Gasteiger partial charge on any atom is 0.330 e. The van der Waals surface area contributed by atoms with Gasteiger partial charge in [-0.2, -0.15) is 0 Å². The van der Waals surface area contributed by atoms with Crippen molar-refractivity contribution >= 4 is 23.3 Å². The van der Waals surface area contributed by atoms with E-state index in [1.54, 1.807) is 24.3 Å². The zero-order valence-corrected chi connectivity index (χ0v) is 21.6. The fourth-order valence-electron chi connectivity index (χ4n) is 4.11. The fourth-order valence-corrected chi connectivity index (χ4v) is 4.11. The Morgan fingerprint density at radius 1 is 1.03 bits per heavy atom. The molecule has 3 rings (SSSR count). The molecule has 3 aromatic rings. The van der Waals surface area contributed by atoms with Crippen LogP contribution in [0.25, 0.3) is 0 Å². The first-order valence-corrected chi connectivity index (χ1v) is 12.6. The Balaban J connectivity index is 1.99. The molecule has 0 bridgehead atoms. The third kappa shape index (κ3) is 6.97. The lowest BCUT2D eigenvalue weighted by molar-refractivity contribution is -0.119. The van der Waals surface area contributed by atoms with Crippen molar-refractivity contribution in [2.24, 2.45) is 5.92 Å². The van der Waals surface area contributed by atoms with E-state index in [0.29, 0.717) is 18.5 Å². The number of nitrogens with two attached hydrogens (primary N) is 1. The van der Waals surface area contributed by atoms with Crippen LogP contribution in [0.4, 0.5) is 11.5 Å². The minimum atomic E-state index is -0.714. The van der Waals surface area contributed by atoms with Crippen molar-refractivity contribution in [1.82, 2.24) is 14.9 Å². The second-order valence-electron chi connectivity index (χ2n) is 9.40. The summed E-state index contributed by atoms with van der Waals surface area (Å²) in [5, 5.41) is 2.96. The summed E-state index contributed by atoms with van der Waals surface area (Å²) in [5.41, 5.74) is 6.18. The number of nitrogens with one attached hydrogen (secondary N) is 2. The van der Waals surface area contributed by atoms with Crippen molar-refractivity contribution in [3.05, 3.63) is 92.6 Å². The van der Waals surface area contributed by atoms with Crippen molar-refractivity contribution in [2.75, 3.05) is 17.2 Å². The quantitative estimate of drug-likeness (QED) is 0.367. The van der Waals surface area contributed by atoms with Gasteiger partial charge in [0.2, 0.25) is 5.91 Å². The molecule has 0 saturated heterocycles. The van der Waals surface area contributed by atoms with E-state index < -0.39 is 23.2 Å². The zero-order valence-electron chi connectivity index (χ0n) is 21.6. The molecule has 0 aliphatic carbocycles. The molecular weight excluding hydrogens is 470 g/mol. The van der Waals surface area contributed by atoms with Gasteiger partial charge in [0.15, 0.2) is 5.69 Å². The lowest BCUT2D eigenvalue weighted by atomic mass is 10.0. The Labute approximate surface area is 216 Å². The Bertz CT molecular complexity index is 1320. The molecule has 0 saturated carbocycles. The van der Waals surface area contributed by atoms with Crippen LogP contribution in [-0.2, 0) is 11.3 Å². The lowest BCUT2D eigenvalue weighted by Crippen LogP contribution is -2.44. The SMILES string of the molecule is CCCCn1c(N)c(N(CC(C)C)C(=O)C[C@H](NC(=O)c2ccccc2)c2ccccc2)c(=O)[nH]c1=O. The summed E-state index contributed by atoms with van der Waals surface area (Å²) >= 11 is 0. The highest BCUT2D eigenvalue weighted by Crippen LogP contribution is 2.24. The first kappa shape index (κ1) is 27.4. The molecule has 0 spiro atoms. The number of hydrogen-bond donors (Lipinski definition) is 3. The highest BCUT2D eigenvalue weighted by atomic mass is 16.2. The summed E-state index contributed by atoms with van der Waals surface area (Å²) in [5.74, 6) is -0.745. The number of nitrogens with zero attached hydrogens (tertiary/aromatic N) is 2. The van der Waals surface area contributed by atoms with E-state index >= 15 is 0 Å². The summed E-state index contributed by atoms with van der Waals surface area (Å²) in [4.78, 5) is 55.7. The molecule has 2 amide bonds. The normalized spacial score (nSPS) is 11.8. The minimum Gasteiger partial charge on any atom is -0.383 e. The van der Waals surface area contributed by atoms with Crippen molar-refractivity contribution in [2.45, 2.75) is 52.6 Å². The van der Waals surface area contributed by atoms with Crippen LogP contribution in [0.5, 0.6) is 0 Å². The van der Waals surface area contributed by atoms with Crippen LogP contribution in [0.1, 0.15) is 62.0 Å². The van der Waals surface area contributed by atoms with Gasteiger partial charge in [0.1, 0.15) is 5.82 Å². The largest absolute Gasteiger partial charge is 0.383 e. The number of anilines is 2. The molecule has 0 radical (unpaired) electrons. The van der Waals surface area contributed by atoms with Crippen LogP contribution in [0.3, 0.4) is 0 Å². The number of aromatic nitrogens is 2. The molecule has 2 aromatic carbocycles. The highest BCUT2D eigenvalue weighted by molar-refractivity contribution is 5.97. The second-order valence-corrected chi connectivity index (χ2v) is 9.40. The Kier molecular flexibility index (Phi) is 9.43. The molecule has 37 heavy (non-hydrogen) atoms. The number of amides is 2. The van der Waals surface area contributed by atoms with Gasteiger partial charge < -0.3 is 16.0 Å². The number of unbranched alkanes of at least 4 members (excludes halogenated alkanes) is 1. The van der Waals surface area contributed by atoms with Crippen LogP contribution in [-0.4, -0.2) is 27.9 Å². The molecule has 0 fully saturated rings. The van der Waals surface area contributed by atoms with E-state index in [-0.39, 0.29) is 36.3 Å². The number of benzene rings is 2. The number of carbonyl (C=O) groups is 2. The summed E-state index contributed by atoms with van der Waals surface area (Å²) < 4.78 is 1.30. The molecule has 1 aromatic heterocycles. The van der Waals surface area contributed by atoms with Crippen molar-refractivity contribution in [3.63, 3.8) is 0 Å². The topological polar surface area (TPSA) is 130 Å². The van der Waals surface area contributed by atoms with Gasteiger partial charge in [0, 0.05) is 18.7 Å². The summed E-state index contributed by atoms with van der Waals surface area (Å²) in [6, 6.07) is 17.3.